The number of hydrogen-bond donors (Lipinski definition) is 1. The summed E-state index contributed by atoms with van der Waals surface area (Å²) in [7, 11) is 2.07. The van der Waals surface area contributed by atoms with Crippen LogP contribution >= 0.6 is 0 Å². The lowest BCUT2D eigenvalue weighted by atomic mass is 9.98. The number of hydroxylamine groups is 1. The van der Waals surface area contributed by atoms with Crippen molar-refractivity contribution in [3.8, 4) is 0 Å². The number of hydrogen-bond acceptors (Lipinski definition) is 1. The zero-order valence-corrected chi connectivity index (χ0v) is 8.86. The van der Waals surface area contributed by atoms with E-state index in [1.165, 1.54) is 4.90 Å². The van der Waals surface area contributed by atoms with E-state index in [4.69, 9.17) is 0 Å². The van der Waals surface area contributed by atoms with Crippen LogP contribution in [0.1, 0.15) is 34.6 Å². The number of nitrogens with zero attached hydrogens (tertiary/aromatic N) is 1. The van der Waals surface area contributed by atoms with Crippen molar-refractivity contribution >= 4 is 5.71 Å². The molecule has 3 heteroatoms. The Morgan fingerprint density at radius 2 is 1.67 bits per heavy atom. The summed E-state index contributed by atoms with van der Waals surface area (Å²) >= 11 is 0. The third-order valence-corrected chi connectivity index (χ3v) is 3.57. The molecule has 0 bridgehead atoms. The fraction of sp³-hybridized carbons (Fsp3) is 0.889. The molecular weight excluding hydrogens is 152 g/mol. The summed E-state index contributed by atoms with van der Waals surface area (Å²) in [4.78, 5) is 1.25. The molecule has 0 aliphatic carbocycles. The Morgan fingerprint density at radius 1 is 1.25 bits per heavy atom. The van der Waals surface area contributed by atoms with Gasteiger partial charge in [0.2, 0.25) is 5.71 Å². The molecule has 0 saturated carbocycles. The van der Waals surface area contributed by atoms with Crippen LogP contribution in [0.25, 0.3) is 0 Å². The van der Waals surface area contributed by atoms with Crippen LogP contribution in [-0.4, -0.2) is 28.7 Å². The highest BCUT2D eigenvalue weighted by molar-refractivity contribution is 5.85. The topological polar surface area (TPSA) is 30.5 Å². The van der Waals surface area contributed by atoms with E-state index in [-0.39, 0.29) is 11.2 Å². The second-order valence-corrected chi connectivity index (χ2v) is 4.69. The zero-order valence-electron chi connectivity index (χ0n) is 8.86. The van der Waals surface area contributed by atoms with Crippen molar-refractivity contribution in [2.24, 2.45) is 0 Å². The Kier molecular flexibility index (Phi) is 1.76. The molecule has 0 fully saturated rings. The highest BCUT2D eigenvalue weighted by atomic mass is 16.5. The second kappa shape index (κ2) is 2.22. The van der Waals surface area contributed by atoms with Crippen molar-refractivity contribution in [2.45, 2.75) is 45.8 Å². The minimum atomic E-state index is -0.326. The molecule has 12 heavy (non-hydrogen) atoms. The second-order valence-electron chi connectivity index (χ2n) is 4.69. The zero-order chi connectivity index (χ0) is 9.73. The smallest absolute Gasteiger partial charge is 0.292 e. The number of rotatable bonds is 0. The van der Waals surface area contributed by atoms with E-state index in [0.717, 1.165) is 10.5 Å². The third kappa shape index (κ3) is 0.891. The summed E-state index contributed by atoms with van der Waals surface area (Å²) in [5.74, 6) is 0. The van der Waals surface area contributed by atoms with Gasteiger partial charge in [-0.05, 0) is 0 Å². The van der Waals surface area contributed by atoms with E-state index < -0.39 is 0 Å². The third-order valence-electron chi connectivity index (χ3n) is 3.57. The van der Waals surface area contributed by atoms with Crippen molar-refractivity contribution in [1.29, 1.82) is 0 Å². The van der Waals surface area contributed by atoms with E-state index in [0.29, 0.717) is 0 Å². The highest BCUT2D eigenvalue weighted by Crippen LogP contribution is 2.15. The van der Waals surface area contributed by atoms with Gasteiger partial charge >= 0.3 is 0 Å². The molecule has 0 saturated heterocycles. The minimum absolute atomic E-state index is 0.0365. The maximum Gasteiger partial charge on any atom is 0.292 e. The average molecular weight is 171 g/mol. The predicted molar refractivity (Wildman–Crippen MR) is 49.4 cm³/mol. The van der Waals surface area contributed by atoms with Crippen LogP contribution in [0.2, 0.25) is 0 Å². The summed E-state index contributed by atoms with van der Waals surface area (Å²) in [5, 5.41) is 11.7. The van der Waals surface area contributed by atoms with Gasteiger partial charge in [0.05, 0.1) is 20.9 Å². The van der Waals surface area contributed by atoms with E-state index in [9.17, 15) is 5.21 Å². The SMILES string of the molecule is CC1=[N+]([O-])C(C)(C)[NH+](C)C1(C)C. The van der Waals surface area contributed by atoms with Gasteiger partial charge in [-0.25, -0.2) is 0 Å². The van der Waals surface area contributed by atoms with Gasteiger partial charge in [-0.2, -0.15) is 4.74 Å². The molecule has 1 N–H and O–H groups in total. The fourth-order valence-electron chi connectivity index (χ4n) is 1.86. The standard InChI is InChI=1S/C9H18N2O/c1-7-8(2,3)10(6)9(4,5)11(7)12/h1-6H3/p+1. The van der Waals surface area contributed by atoms with Gasteiger partial charge in [0, 0.05) is 20.8 Å². The van der Waals surface area contributed by atoms with E-state index in [1.807, 2.05) is 20.8 Å². The molecule has 0 aromatic heterocycles. The molecule has 1 atom stereocenters. The average Bonchev–Trinajstić information content (AvgIpc) is 2.06. The molecule has 1 rings (SSSR count). The lowest BCUT2D eigenvalue weighted by molar-refractivity contribution is -1.02. The molecule has 0 aromatic carbocycles. The lowest BCUT2D eigenvalue weighted by Gasteiger charge is -2.29. The molecule has 0 spiro atoms. The van der Waals surface area contributed by atoms with Crippen LogP contribution in [-0.2, 0) is 0 Å². The monoisotopic (exact) mass is 171 g/mol. The van der Waals surface area contributed by atoms with Crippen LogP contribution in [0.5, 0.6) is 0 Å². The number of quaternary nitrogens is 1. The Labute approximate surface area is 74.3 Å². The van der Waals surface area contributed by atoms with Gasteiger partial charge in [0.1, 0.15) is 0 Å². The van der Waals surface area contributed by atoms with Crippen molar-refractivity contribution < 1.29 is 9.64 Å². The summed E-state index contributed by atoms with van der Waals surface area (Å²) < 4.78 is 1.14. The van der Waals surface area contributed by atoms with Crippen LogP contribution in [0.4, 0.5) is 0 Å². The van der Waals surface area contributed by atoms with Crippen LogP contribution in [0.3, 0.4) is 0 Å². The lowest BCUT2D eigenvalue weighted by Crippen LogP contribution is -3.22. The Morgan fingerprint density at radius 3 is 1.75 bits per heavy atom. The molecule has 1 heterocycles. The van der Waals surface area contributed by atoms with Crippen molar-refractivity contribution in [1.82, 2.24) is 0 Å². The van der Waals surface area contributed by atoms with E-state index in [1.54, 1.807) is 0 Å². The van der Waals surface area contributed by atoms with Crippen LogP contribution < -0.4 is 4.90 Å². The van der Waals surface area contributed by atoms with Crippen molar-refractivity contribution in [3.05, 3.63) is 5.21 Å². The Balaban J connectivity index is 3.22. The molecule has 0 aromatic rings. The van der Waals surface area contributed by atoms with Crippen LogP contribution in [0.15, 0.2) is 0 Å². The molecule has 0 radical (unpaired) electrons. The van der Waals surface area contributed by atoms with Crippen LogP contribution in [0, 0.1) is 5.21 Å². The Bertz CT molecular complexity index is 217. The highest BCUT2D eigenvalue weighted by Gasteiger charge is 2.56. The van der Waals surface area contributed by atoms with Gasteiger partial charge in [-0.3, -0.25) is 4.90 Å². The maximum atomic E-state index is 11.7. The summed E-state index contributed by atoms with van der Waals surface area (Å²) in [6.45, 7) is 10.1. The van der Waals surface area contributed by atoms with Gasteiger partial charge in [-0.15, -0.1) is 0 Å². The molecule has 70 valence electrons. The molecule has 3 nitrogen and oxygen atoms in total. The maximum absolute atomic E-state index is 11.7. The van der Waals surface area contributed by atoms with Crippen molar-refractivity contribution in [3.63, 3.8) is 0 Å². The largest absolute Gasteiger partial charge is 0.619 e. The van der Waals surface area contributed by atoms with E-state index in [2.05, 4.69) is 20.9 Å². The fourth-order valence-corrected chi connectivity index (χ4v) is 1.86. The predicted octanol–water partition coefficient (Wildman–Crippen LogP) is 0.000600. The number of nitrogens with one attached hydrogen (secondary N) is 1. The van der Waals surface area contributed by atoms with Gasteiger partial charge in [0.15, 0.2) is 5.54 Å². The van der Waals surface area contributed by atoms with Crippen molar-refractivity contribution in [2.75, 3.05) is 7.05 Å². The quantitative estimate of drug-likeness (QED) is 0.403. The summed E-state index contributed by atoms with van der Waals surface area (Å²) in [5.41, 5.74) is 0.559. The molecule has 0 amide bonds. The first kappa shape index (κ1) is 9.52. The summed E-state index contributed by atoms with van der Waals surface area (Å²) in [6.07, 6.45) is 0. The normalized spacial score (nSPS) is 32.7. The van der Waals surface area contributed by atoms with Gasteiger partial charge < -0.3 is 5.21 Å². The van der Waals surface area contributed by atoms with Gasteiger partial charge in [0.25, 0.3) is 5.66 Å². The first-order chi connectivity index (χ1) is 5.22. The molecule has 1 unspecified atom stereocenters. The molecule has 1 aliphatic rings. The minimum Gasteiger partial charge on any atom is -0.619 e. The molecule has 1 aliphatic heterocycles. The summed E-state index contributed by atoms with van der Waals surface area (Å²) in [6, 6.07) is 0. The van der Waals surface area contributed by atoms with E-state index >= 15 is 0 Å². The first-order valence-electron chi connectivity index (χ1n) is 4.38. The first-order valence-corrected chi connectivity index (χ1v) is 4.38. The van der Waals surface area contributed by atoms with Gasteiger partial charge in [-0.1, -0.05) is 0 Å². The Hall–Kier alpha value is -0.570. The molecular formula is C9H19N2O+.